The predicted molar refractivity (Wildman–Crippen MR) is 98.8 cm³/mol. The van der Waals surface area contributed by atoms with E-state index in [2.05, 4.69) is 17.4 Å². The summed E-state index contributed by atoms with van der Waals surface area (Å²) in [5.41, 5.74) is 8.17. The molecule has 0 bridgehead atoms. The van der Waals surface area contributed by atoms with E-state index in [1.807, 2.05) is 25.2 Å². The lowest BCUT2D eigenvalue weighted by Crippen LogP contribution is -3.06. The maximum absolute atomic E-state index is 12.3. The molecule has 25 heavy (non-hydrogen) atoms. The van der Waals surface area contributed by atoms with Gasteiger partial charge >= 0.3 is 5.97 Å². The van der Waals surface area contributed by atoms with Gasteiger partial charge in [-0.3, -0.25) is 4.79 Å². The Morgan fingerprint density at radius 1 is 1.24 bits per heavy atom. The van der Waals surface area contributed by atoms with Gasteiger partial charge in [-0.05, 0) is 6.92 Å². The molecule has 2 rings (SSSR count). The van der Waals surface area contributed by atoms with Crippen LogP contribution in [0, 0.1) is 0 Å². The normalized spacial score (nSPS) is 11.8. The fraction of sp³-hybridized carbons (Fsp3) is 0.333. The Kier molecular flexibility index (Phi) is 6.55. The minimum Gasteiger partial charge on any atom is -0.462 e. The van der Waals surface area contributed by atoms with Crippen LogP contribution in [0.25, 0.3) is 0 Å². The number of quaternary nitrogens is 1. The van der Waals surface area contributed by atoms with Gasteiger partial charge in [-0.25, -0.2) is 4.79 Å². The highest BCUT2D eigenvalue weighted by atomic mass is 32.1. The van der Waals surface area contributed by atoms with Gasteiger partial charge in [-0.1, -0.05) is 30.3 Å². The van der Waals surface area contributed by atoms with Crippen LogP contribution in [0.15, 0.2) is 30.3 Å². The van der Waals surface area contributed by atoms with E-state index in [0.717, 1.165) is 22.8 Å². The molecule has 1 amide bonds. The lowest BCUT2D eigenvalue weighted by atomic mass is 10.1. The molecule has 6 nitrogen and oxygen atoms in total. The van der Waals surface area contributed by atoms with E-state index in [9.17, 15) is 9.59 Å². The maximum atomic E-state index is 12.3. The van der Waals surface area contributed by atoms with Crippen LogP contribution in [0.2, 0.25) is 0 Å². The zero-order valence-corrected chi connectivity index (χ0v) is 15.5. The molecule has 0 spiro atoms. The first-order valence-electron chi connectivity index (χ1n) is 8.13. The number of esters is 1. The smallest absolute Gasteiger partial charge is 0.341 e. The van der Waals surface area contributed by atoms with Crippen LogP contribution in [0.4, 0.5) is 5.00 Å². The van der Waals surface area contributed by atoms with E-state index in [1.165, 1.54) is 5.56 Å². The highest BCUT2D eigenvalue weighted by molar-refractivity contribution is 7.18. The lowest BCUT2D eigenvalue weighted by Gasteiger charge is -2.15. The molecule has 1 unspecified atom stereocenters. The SMILES string of the molecule is CCOC(=O)c1c(N)sc(C(=O)NC)c1C[NH+](C)Cc1ccccc1. The van der Waals surface area contributed by atoms with Crippen molar-refractivity contribution in [2.45, 2.75) is 20.0 Å². The first-order valence-corrected chi connectivity index (χ1v) is 8.95. The van der Waals surface area contributed by atoms with Crippen LogP contribution in [0.1, 0.15) is 38.1 Å². The maximum Gasteiger partial charge on any atom is 0.341 e. The summed E-state index contributed by atoms with van der Waals surface area (Å²) >= 11 is 1.13. The number of amides is 1. The Morgan fingerprint density at radius 3 is 2.52 bits per heavy atom. The Labute approximate surface area is 151 Å². The number of thiophene rings is 1. The fourth-order valence-electron chi connectivity index (χ4n) is 2.69. The van der Waals surface area contributed by atoms with Crippen LogP contribution in [-0.2, 0) is 17.8 Å². The van der Waals surface area contributed by atoms with Crippen molar-refractivity contribution in [1.29, 1.82) is 0 Å². The summed E-state index contributed by atoms with van der Waals surface area (Å²) in [6.07, 6.45) is 0. The van der Waals surface area contributed by atoms with E-state index < -0.39 is 5.97 Å². The van der Waals surface area contributed by atoms with E-state index in [0.29, 0.717) is 27.5 Å². The first kappa shape index (κ1) is 19.0. The summed E-state index contributed by atoms with van der Waals surface area (Å²) in [6.45, 7) is 3.27. The molecule has 7 heteroatoms. The van der Waals surface area contributed by atoms with Crippen LogP contribution >= 0.6 is 11.3 Å². The van der Waals surface area contributed by atoms with Crippen molar-refractivity contribution in [3.05, 3.63) is 51.9 Å². The molecule has 0 radical (unpaired) electrons. The third-order valence-corrected chi connectivity index (χ3v) is 4.83. The second-order valence-electron chi connectivity index (χ2n) is 5.74. The molecule has 0 fully saturated rings. The fourth-order valence-corrected chi connectivity index (χ4v) is 3.71. The second-order valence-corrected chi connectivity index (χ2v) is 6.80. The van der Waals surface area contributed by atoms with Gasteiger partial charge in [0.1, 0.15) is 28.5 Å². The molecular formula is C18H24N3O3S+. The van der Waals surface area contributed by atoms with Crippen molar-refractivity contribution in [2.75, 3.05) is 26.4 Å². The van der Waals surface area contributed by atoms with Crippen molar-refractivity contribution in [3.63, 3.8) is 0 Å². The Bertz CT molecular complexity index is 744. The number of nitrogen functional groups attached to an aromatic ring is 1. The molecule has 2 aromatic rings. The summed E-state index contributed by atoms with van der Waals surface area (Å²) in [6, 6.07) is 10.1. The summed E-state index contributed by atoms with van der Waals surface area (Å²) in [4.78, 5) is 26.1. The van der Waals surface area contributed by atoms with Gasteiger partial charge in [0.25, 0.3) is 5.91 Å². The molecular weight excluding hydrogens is 338 g/mol. The van der Waals surface area contributed by atoms with E-state index in [4.69, 9.17) is 10.5 Å². The molecule has 1 aromatic heterocycles. The highest BCUT2D eigenvalue weighted by Gasteiger charge is 2.28. The van der Waals surface area contributed by atoms with Crippen LogP contribution in [0.3, 0.4) is 0 Å². The monoisotopic (exact) mass is 362 g/mol. The Morgan fingerprint density at radius 2 is 1.92 bits per heavy atom. The molecule has 0 aliphatic rings. The minimum absolute atomic E-state index is 0.241. The van der Waals surface area contributed by atoms with Crippen LogP contribution in [0.5, 0.6) is 0 Å². The number of carbonyl (C=O) groups excluding carboxylic acids is 2. The van der Waals surface area contributed by atoms with Crippen molar-refractivity contribution >= 4 is 28.2 Å². The number of benzene rings is 1. The zero-order valence-electron chi connectivity index (χ0n) is 14.7. The third-order valence-electron chi connectivity index (χ3n) is 3.77. The van der Waals surface area contributed by atoms with Crippen molar-refractivity contribution in [1.82, 2.24) is 5.32 Å². The van der Waals surface area contributed by atoms with Gasteiger partial charge in [0.15, 0.2) is 0 Å². The van der Waals surface area contributed by atoms with Crippen LogP contribution < -0.4 is 16.0 Å². The average molecular weight is 362 g/mol. The summed E-state index contributed by atoms with van der Waals surface area (Å²) in [5.74, 6) is -0.719. The topological polar surface area (TPSA) is 85.9 Å². The standard InChI is InChI=1S/C18H23N3O3S/c1-4-24-18(23)14-13(15(17(22)20-2)25-16(14)19)11-21(3)10-12-8-6-5-7-9-12/h5-9H,4,10-11,19H2,1-3H3,(H,20,22)/p+1. The molecule has 1 heterocycles. The van der Waals surface area contributed by atoms with Gasteiger partial charge in [-0.2, -0.15) is 0 Å². The average Bonchev–Trinajstić information content (AvgIpc) is 2.91. The predicted octanol–water partition coefficient (Wildman–Crippen LogP) is 1.08. The van der Waals surface area contributed by atoms with Crippen molar-refractivity contribution in [3.8, 4) is 0 Å². The van der Waals surface area contributed by atoms with Gasteiger partial charge in [0.05, 0.1) is 13.7 Å². The summed E-state index contributed by atoms with van der Waals surface area (Å²) < 4.78 is 5.12. The number of rotatable bonds is 7. The second kappa shape index (κ2) is 8.64. The number of nitrogens with two attached hydrogens (primary N) is 1. The molecule has 0 saturated carbocycles. The van der Waals surface area contributed by atoms with Crippen LogP contribution in [-0.4, -0.2) is 32.6 Å². The quantitative estimate of drug-likeness (QED) is 0.644. The van der Waals surface area contributed by atoms with E-state index in [1.54, 1.807) is 14.0 Å². The van der Waals surface area contributed by atoms with E-state index in [-0.39, 0.29) is 12.5 Å². The van der Waals surface area contributed by atoms with Gasteiger partial charge < -0.3 is 20.7 Å². The molecule has 134 valence electrons. The summed E-state index contributed by atoms with van der Waals surface area (Å²) in [7, 11) is 3.58. The molecule has 0 saturated heterocycles. The van der Waals surface area contributed by atoms with Gasteiger partial charge in [0, 0.05) is 18.2 Å². The number of hydrogen-bond donors (Lipinski definition) is 3. The van der Waals surface area contributed by atoms with Crippen molar-refractivity contribution in [2.24, 2.45) is 0 Å². The molecule has 1 atom stereocenters. The lowest BCUT2D eigenvalue weighted by molar-refractivity contribution is -0.907. The number of nitrogens with one attached hydrogen (secondary N) is 2. The minimum atomic E-state index is -0.478. The van der Waals surface area contributed by atoms with Crippen molar-refractivity contribution < 1.29 is 19.2 Å². The zero-order chi connectivity index (χ0) is 18.4. The molecule has 1 aromatic carbocycles. The number of carbonyl (C=O) groups is 2. The number of hydrogen-bond acceptors (Lipinski definition) is 5. The molecule has 4 N–H and O–H groups in total. The van der Waals surface area contributed by atoms with Gasteiger partial charge in [-0.15, -0.1) is 11.3 Å². The Hall–Kier alpha value is -2.38. The number of anilines is 1. The highest BCUT2D eigenvalue weighted by Crippen LogP contribution is 2.31. The first-order chi connectivity index (χ1) is 12.0. The number of ether oxygens (including phenoxy) is 1. The molecule has 0 aliphatic heterocycles. The van der Waals surface area contributed by atoms with Gasteiger partial charge in [0.2, 0.25) is 0 Å². The van der Waals surface area contributed by atoms with E-state index >= 15 is 0 Å². The largest absolute Gasteiger partial charge is 0.462 e. The molecule has 0 aliphatic carbocycles. The Balaban J connectivity index is 2.32. The third kappa shape index (κ3) is 4.58. The summed E-state index contributed by atoms with van der Waals surface area (Å²) in [5, 5.41) is 2.93.